The minimum Gasteiger partial charge on any atom is -0.367 e. The van der Waals surface area contributed by atoms with Crippen LogP contribution in [0.4, 0.5) is 38.9 Å². The first-order chi connectivity index (χ1) is 16.5. The van der Waals surface area contributed by atoms with Gasteiger partial charge in [-0.3, -0.25) is 8.86 Å². The van der Waals surface area contributed by atoms with E-state index in [0.717, 1.165) is 26.2 Å². The van der Waals surface area contributed by atoms with Gasteiger partial charge in [0.1, 0.15) is 10.8 Å². The Morgan fingerprint density at radius 3 is 2.71 bits per heavy atom. The Hall–Kier alpha value is -2.99. The second-order valence-corrected chi connectivity index (χ2v) is 8.80. The van der Waals surface area contributed by atoms with E-state index < -0.39 is 11.3 Å². The molecular formula is C22H25ClFN7O2S. The summed E-state index contributed by atoms with van der Waals surface area (Å²) >= 11 is 4.11. The van der Waals surface area contributed by atoms with Gasteiger partial charge in [0.2, 0.25) is 5.95 Å². The lowest BCUT2D eigenvalue weighted by molar-refractivity contribution is 0.560. The molecule has 4 rings (SSSR count). The van der Waals surface area contributed by atoms with Gasteiger partial charge >= 0.3 is 0 Å². The van der Waals surface area contributed by atoms with E-state index in [1.807, 2.05) is 4.90 Å². The lowest BCUT2D eigenvalue weighted by Crippen LogP contribution is -2.43. The molecule has 0 amide bonds. The molecule has 2 aromatic carbocycles. The molecular weight excluding hydrogens is 481 g/mol. The summed E-state index contributed by atoms with van der Waals surface area (Å²) in [5.74, 6) is 0.186. The highest BCUT2D eigenvalue weighted by atomic mass is 35.5. The van der Waals surface area contributed by atoms with Crippen LogP contribution >= 0.6 is 11.6 Å². The molecule has 4 N–H and O–H groups in total. The van der Waals surface area contributed by atoms with Crippen molar-refractivity contribution in [3.05, 3.63) is 59.5 Å². The Morgan fingerprint density at radius 2 is 2.00 bits per heavy atom. The largest absolute Gasteiger partial charge is 0.367 e. The zero-order valence-electron chi connectivity index (χ0n) is 18.5. The number of hydrogen-bond donors (Lipinski definition) is 4. The lowest BCUT2D eigenvalue weighted by atomic mass is 10.2. The van der Waals surface area contributed by atoms with E-state index >= 15 is 0 Å². The van der Waals surface area contributed by atoms with E-state index in [1.54, 1.807) is 43.3 Å². The quantitative estimate of drug-likeness (QED) is 0.339. The summed E-state index contributed by atoms with van der Waals surface area (Å²) in [6.45, 7) is 5.24. The maximum Gasteiger partial charge on any atom is 0.261 e. The van der Waals surface area contributed by atoms with Gasteiger partial charge in [-0.15, -0.1) is 0 Å². The van der Waals surface area contributed by atoms with E-state index in [0.29, 0.717) is 35.1 Å². The van der Waals surface area contributed by atoms with Crippen LogP contribution in [-0.2, 0) is 11.3 Å². The fourth-order valence-corrected chi connectivity index (χ4v) is 4.37. The number of nitrogens with one attached hydrogen (secondary N) is 3. The standard InChI is InChI=1S/C22H25ClFN7O2S/c1-2-31(34(32)33)20-6-4-3-5-18(20)28-21-16(23)14-26-22(29-21)27-15-7-8-19(17(24)13-15)30-11-9-25-10-12-30/h3-8,13-14,25H,2,9-12H2,1H3,(H,32,33)(H2,26,27,28,29). The zero-order valence-corrected chi connectivity index (χ0v) is 20.0. The molecule has 1 saturated heterocycles. The zero-order chi connectivity index (χ0) is 24.1. The van der Waals surface area contributed by atoms with Crippen LogP contribution in [0.1, 0.15) is 6.92 Å². The molecule has 2 heterocycles. The van der Waals surface area contributed by atoms with Crippen molar-refractivity contribution in [2.24, 2.45) is 0 Å². The Morgan fingerprint density at radius 1 is 1.24 bits per heavy atom. The predicted molar refractivity (Wildman–Crippen MR) is 135 cm³/mol. The van der Waals surface area contributed by atoms with Gasteiger partial charge in [0.15, 0.2) is 5.82 Å². The molecule has 9 nitrogen and oxygen atoms in total. The van der Waals surface area contributed by atoms with Gasteiger partial charge in [-0.1, -0.05) is 23.7 Å². The van der Waals surface area contributed by atoms with E-state index in [4.69, 9.17) is 11.6 Å². The molecule has 3 aromatic rings. The van der Waals surface area contributed by atoms with Gasteiger partial charge in [0.25, 0.3) is 11.3 Å². The number of rotatable bonds is 8. The minimum absolute atomic E-state index is 0.219. The summed E-state index contributed by atoms with van der Waals surface area (Å²) in [6.07, 6.45) is 1.43. The Bertz CT molecular complexity index is 1180. The van der Waals surface area contributed by atoms with Crippen molar-refractivity contribution in [3.8, 4) is 0 Å². The Kier molecular flexibility index (Phi) is 7.78. The van der Waals surface area contributed by atoms with Crippen LogP contribution in [-0.4, -0.2) is 51.5 Å². The van der Waals surface area contributed by atoms with Crippen molar-refractivity contribution in [2.75, 3.05) is 52.6 Å². The van der Waals surface area contributed by atoms with Gasteiger partial charge in [0, 0.05) is 38.4 Å². The second-order valence-electron chi connectivity index (χ2n) is 7.49. The molecule has 0 aliphatic carbocycles. The van der Waals surface area contributed by atoms with Crippen molar-refractivity contribution in [1.82, 2.24) is 15.3 Å². The number of piperazine rings is 1. The van der Waals surface area contributed by atoms with Crippen molar-refractivity contribution in [3.63, 3.8) is 0 Å². The highest BCUT2D eigenvalue weighted by Crippen LogP contribution is 2.32. The van der Waals surface area contributed by atoms with E-state index in [1.165, 1.54) is 16.6 Å². The van der Waals surface area contributed by atoms with Crippen LogP contribution in [0.5, 0.6) is 0 Å². The Balaban J connectivity index is 1.55. The molecule has 1 aliphatic rings. The second kappa shape index (κ2) is 11.0. The maximum atomic E-state index is 14.8. The summed E-state index contributed by atoms with van der Waals surface area (Å²) in [4.78, 5) is 10.6. The summed E-state index contributed by atoms with van der Waals surface area (Å²) in [5.41, 5.74) is 2.12. The third-order valence-electron chi connectivity index (χ3n) is 5.31. The van der Waals surface area contributed by atoms with Crippen molar-refractivity contribution < 1.29 is 13.2 Å². The molecule has 1 atom stereocenters. The molecule has 0 spiro atoms. The van der Waals surface area contributed by atoms with Crippen molar-refractivity contribution >= 4 is 57.4 Å². The van der Waals surface area contributed by atoms with E-state index in [2.05, 4.69) is 25.9 Å². The number of aromatic nitrogens is 2. The first kappa shape index (κ1) is 24.1. The average Bonchev–Trinajstić information content (AvgIpc) is 2.83. The number of hydrogen-bond acceptors (Lipinski definition) is 7. The fraction of sp³-hybridized carbons (Fsp3) is 0.273. The maximum absolute atomic E-state index is 14.8. The van der Waals surface area contributed by atoms with Gasteiger partial charge in [-0.2, -0.15) is 4.98 Å². The summed E-state index contributed by atoms with van der Waals surface area (Å²) in [6, 6.07) is 11.9. The van der Waals surface area contributed by atoms with Gasteiger partial charge in [-0.05, 0) is 37.3 Å². The van der Waals surface area contributed by atoms with Crippen LogP contribution < -0.4 is 25.2 Å². The Labute approximate surface area is 204 Å². The number of para-hydroxylation sites is 2. The molecule has 34 heavy (non-hydrogen) atoms. The molecule has 1 aliphatic heterocycles. The van der Waals surface area contributed by atoms with Crippen LogP contribution in [0.2, 0.25) is 5.02 Å². The van der Waals surface area contributed by atoms with Crippen molar-refractivity contribution in [1.29, 1.82) is 0 Å². The molecule has 0 bridgehead atoms. The number of halogens is 2. The highest BCUT2D eigenvalue weighted by molar-refractivity contribution is 7.80. The SMILES string of the molecule is CCN(c1ccccc1Nc1nc(Nc2ccc(N3CCNCC3)c(F)c2)ncc1Cl)S(=O)O. The molecule has 1 aromatic heterocycles. The highest BCUT2D eigenvalue weighted by Gasteiger charge is 2.17. The monoisotopic (exact) mass is 505 g/mol. The summed E-state index contributed by atoms with van der Waals surface area (Å²) in [7, 11) is 0. The average molecular weight is 506 g/mol. The molecule has 180 valence electrons. The number of benzene rings is 2. The van der Waals surface area contributed by atoms with E-state index in [9.17, 15) is 13.2 Å². The third-order valence-corrected chi connectivity index (χ3v) is 6.42. The predicted octanol–water partition coefficient (Wildman–Crippen LogP) is 4.13. The molecule has 1 unspecified atom stereocenters. The van der Waals surface area contributed by atoms with Gasteiger partial charge < -0.3 is 20.9 Å². The third kappa shape index (κ3) is 5.55. The first-order valence-corrected chi connectivity index (χ1v) is 12.2. The molecule has 12 heteroatoms. The van der Waals surface area contributed by atoms with Crippen LogP contribution in [0.15, 0.2) is 48.7 Å². The first-order valence-electron chi connectivity index (χ1n) is 10.8. The van der Waals surface area contributed by atoms with Crippen molar-refractivity contribution in [2.45, 2.75) is 6.92 Å². The lowest BCUT2D eigenvalue weighted by Gasteiger charge is -2.29. The topological polar surface area (TPSA) is 106 Å². The van der Waals surface area contributed by atoms with Crippen LogP contribution in [0, 0.1) is 5.82 Å². The molecule has 0 saturated carbocycles. The smallest absolute Gasteiger partial charge is 0.261 e. The molecule has 0 radical (unpaired) electrons. The summed E-state index contributed by atoms with van der Waals surface area (Å²) < 4.78 is 37.4. The number of nitrogens with zero attached hydrogens (tertiary/aromatic N) is 4. The van der Waals surface area contributed by atoms with E-state index in [-0.39, 0.29) is 16.8 Å². The normalized spacial score (nSPS) is 14.5. The summed E-state index contributed by atoms with van der Waals surface area (Å²) in [5, 5.41) is 9.62. The minimum atomic E-state index is -2.19. The van der Waals surface area contributed by atoms with Crippen LogP contribution in [0.3, 0.4) is 0 Å². The fourth-order valence-electron chi connectivity index (χ4n) is 3.68. The van der Waals surface area contributed by atoms with Crippen LogP contribution in [0.25, 0.3) is 0 Å². The van der Waals surface area contributed by atoms with Gasteiger partial charge in [-0.25, -0.2) is 13.6 Å². The number of anilines is 6. The van der Waals surface area contributed by atoms with Gasteiger partial charge in [0.05, 0.1) is 23.3 Å². The molecule has 1 fully saturated rings.